The van der Waals surface area contributed by atoms with E-state index in [1.54, 1.807) is 29.9 Å². The van der Waals surface area contributed by atoms with E-state index in [0.717, 1.165) is 22.6 Å². The van der Waals surface area contributed by atoms with E-state index >= 15 is 0 Å². The Morgan fingerprint density at radius 1 is 1.27 bits per heavy atom. The number of aliphatic hydroxyl groups is 1. The van der Waals surface area contributed by atoms with Crippen LogP contribution in [0.5, 0.6) is 0 Å². The van der Waals surface area contributed by atoms with Crippen LogP contribution in [0.15, 0.2) is 42.9 Å². The fraction of sp³-hybridized carbons (Fsp3) is 0.364. The van der Waals surface area contributed by atoms with Crippen LogP contribution >= 0.6 is 0 Å². The summed E-state index contributed by atoms with van der Waals surface area (Å²) in [4.78, 5) is 21.6. The third kappa shape index (κ3) is 5.28. The van der Waals surface area contributed by atoms with Crippen LogP contribution in [-0.4, -0.2) is 56.6 Å². The first-order valence-electron chi connectivity index (χ1n) is 9.98. The molecule has 0 fully saturated rings. The van der Waals surface area contributed by atoms with Crippen molar-refractivity contribution < 1.29 is 14.6 Å². The standard InChI is InChI=1S/C22H27N5O3/c1-4-30-8-7-21-24-14-25-27(21)19-10-17(20-6-5-15(2)12-23-20)9-18(11-19)22(29)26-16(3)13-28/h5-6,9-12,14,16,28H,4,7-8,13H2,1-3H3,(H,26,29)/t16-/m0/s1. The molecule has 2 N–H and O–H groups in total. The first-order chi connectivity index (χ1) is 14.5. The van der Waals surface area contributed by atoms with Gasteiger partial charge in [0.2, 0.25) is 0 Å². The van der Waals surface area contributed by atoms with Gasteiger partial charge in [0.15, 0.2) is 0 Å². The number of nitrogens with zero attached hydrogens (tertiary/aromatic N) is 4. The van der Waals surface area contributed by atoms with Crippen LogP contribution in [-0.2, 0) is 11.2 Å². The average Bonchev–Trinajstić information content (AvgIpc) is 3.22. The van der Waals surface area contributed by atoms with E-state index in [1.807, 2.05) is 32.0 Å². The van der Waals surface area contributed by atoms with E-state index in [4.69, 9.17) is 4.74 Å². The van der Waals surface area contributed by atoms with Crippen LogP contribution in [0.3, 0.4) is 0 Å². The summed E-state index contributed by atoms with van der Waals surface area (Å²) in [6, 6.07) is 9.03. The molecule has 0 aliphatic heterocycles. The highest BCUT2D eigenvalue weighted by Gasteiger charge is 2.15. The minimum absolute atomic E-state index is 0.136. The number of amides is 1. The first-order valence-corrected chi connectivity index (χ1v) is 9.98. The molecule has 1 amide bonds. The van der Waals surface area contributed by atoms with Gasteiger partial charge in [0.25, 0.3) is 5.91 Å². The van der Waals surface area contributed by atoms with Crippen molar-refractivity contribution in [1.82, 2.24) is 25.1 Å². The third-order valence-corrected chi connectivity index (χ3v) is 4.58. The molecule has 2 aromatic heterocycles. The lowest BCUT2D eigenvalue weighted by molar-refractivity contribution is 0.0922. The van der Waals surface area contributed by atoms with Crippen molar-refractivity contribution >= 4 is 5.91 Å². The van der Waals surface area contributed by atoms with Gasteiger partial charge in [0, 0.05) is 36.4 Å². The average molecular weight is 409 g/mol. The molecule has 30 heavy (non-hydrogen) atoms. The number of carbonyl (C=O) groups is 1. The minimum atomic E-state index is -0.352. The summed E-state index contributed by atoms with van der Waals surface area (Å²) in [7, 11) is 0. The summed E-state index contributed by atoms with van der Waals surface area (Å²) in [5, 5.41) is 16.4. The molecule has 0 aliphatic rings. The van der Waals surface area contributed by atoms with E-state index in [9.17, 15) is 9.90 Å². The zero-order chi connectivity index (χ0) is 21.5. The molecule has 1 aromatic carbocycles. The van der Waals surface area contributed by atoms with Gasteiger partial charge in [-0.1, -0.05) is 6.07 Å². The van der Waals surface area contributed by atoms with Gasteiger partial charge in [0.1, 0.15) is 12.2 Å². The molecule has 158 valence electrons. The highest BCUT2D eigenvalue weighted by atomic mass is 16.5. The monoisotopic (exact) mass is 409 g/mol. The molecule has 1 atom stereocenters. The van der Waals surface area contributed by atoms with E-state index in [1.165, 1.54) is 6.33 Å². The molecule has 2 heterocycles. The van der Waals surface area contributed by atoms with Gasteiger partial charge >= 0.3 is 0 Å². The summed E-state index contributed by atoms with van der Waals surface area (Å²) in [5.74, 6) is 0.468. The quantitative estimate of drug-likeness (QED) is 0.526. The maximum Gasteiger partial charge on any atom is 0.251 e. The number of hydrogen-bond donors (Lipinski definition) is 2. The summed E-state index contributed by atoms with van der Waals surface area (Å²) in [6.45, 7) is 6.70. The molecule has 3 rings (SSSR count). The smallest absolute Gasteiger partial charge is 0.251 e. The SMILES string of the molecule is CCOCCc1ncnn1-c1cc(C(=O)N[C@@H](C)CO)cc(-c2ccc(C)cn2)c1. The number of aromatic nitrogens is 4. The number of benzene rings is 1. The molecule has 0 bridgehead atoms. The van der Waals surface area contributed by atoms with Crippen molar-refractivity contribution in [3.8, 4) is 16.9 Å². The highest BCUT2D eigenvalue weighted by Crippen LogP contribution is 2.24. The predicted molar refractivity (Wildman–Crippen MR) is 114 cm³/mol. The zero-order valence-corrected chi connectivity index (χ0v) is 17.5. The lowest BCUT2D eigenvalue weighted by Gasteiger charge is -2.14. The topological polar surface area (TPSA) is 102 Å². The van der Waals surface area contributed by atoms with Gasteiger partial charge in [-0.25, -0.2) is 9.67 Å². The number of aliphatic hydroxyl groups excluding tert-OH is 1. The summed E-state index contributed by atoms with van der Waals surface area (Å²) in [5.41, 5.74) is 3.76. The van der Waals surface area contributed by atoms with Gasteiger partial charge in [-0.05, 0) is 50.6 Å². The minimum Gasteiger partial charge on any atom is -0.394 e. The van der Waals surface area contributed by atoms with E-state index in [2.05, 4.69) is 20.4 Å². The van der Waals surface area contributed by atoms with Crippen LogP contribution in [0.2, 0.25) is 0 Å². The fourth-order valence-electron chi connectivity index (χ4n) is 2.96. The second kappa shape index (κ2) is 10.1. The Labute approximate surface area is 175 Å². The van der Waals surface area contributed by atoms with E-state index < -0.39 is 0 Å². The number of hydrogen-bond acceptors (Lipinski definition) is 6. The summed E-state index contributed by atoms with van der Waals surface area (Å²) < 4.78 is 7.15. The number of aryl methyl sites for hydroxylation is 1. The second-order valence-electron chi connectivity index (χ2n) is 7.08. The molecule has 0 saturated heterocycles. The number of ether oxygens (including phenoxy) is 1. The summed E-state index contributed by atoms with van der Waals surface area (Å²) >= 11 is 0. The van der Waals surface area contributed by atoms with Crippen LogP contribution < -0.4 is 5.32 Å². The molecule has 0 aliphatic carbocycles. The summed E-state index contributed by atoms with van der Waals surface area (Å²) in [6.07, 6.45) is 3.88. The Morgan fingerprint density at radius 2 is 2.10 bits per heavy atom. The van der Waals surface area contributed by atoms with Gasteiger partial charge in [-0.15, -0.1) is 0 Å². The zero-order valence-electron chi connectivity index (χ0n) is 17.5. The number of pyridine rings is 1. The maximum atomic E-state index is 12.8. The van der Waals surface area contributed by atoms with Crippen molar-refractivity contribution in [3.05, 3.63) is 59.8 Å². The maximum absolute atomic E-state index is 12.8. The molecule has 0 spiro atoms. The molecular formula is C22H27N5O3. The molecule has 3 aromatic rings. The molecular weight excluding hydrogens is 382 g/mol. The van der Waals surface area contributed by atoms with Crippen molar-refractivity contribution in [3.63, 3.8) is 0 Å². The van der Waals surface area contributed by atoms with Gasteiger partial charge in [-0.2, -0.15) is 5.10 Å². The molecule has 0 saturated carbocycles. The fourth-order valence-corrected chi connectivity index (χ4v) is 2.96. The largest absolute Gasteiger partial charge is 0.394 e. The van der Waals surface area contributed by atoms with Crippen molar-refractivity contribution in [1.29, 1.82) is 0 Å². The van der Waals surface area contributed by atoms with E-state index in [0.29, 0.717) is 30.9 Å². The number of carbonyl (C=O) groups excluding carboxylic acids is 1. The van der Waals surface area contributed by atoms with Crippen LogP contribution in [0.4, 0.5) is 0 Å². The normalized spacial score (nSPS) is 12.0. The Balaban J connectivity index is 2.03. The Kier molecular flexibility index (Phi) is 7.26. The van der Waals surface area contributed by atoms with Crippen molar-refractivity contribution in [2.45, 2.75) is 33.2 Å². The predicted octanol–water partition coefficient (Wildman–Crippen LogP) is 2.33. The van der Waals surface area contributed by atoms with Gasteiger partial charge < -0.3 is 15.2 Å². The van der Waals surface area contributed by atoms with Crippen LogP contribution in [0.1, 0.15) is 35.6 Å². The van der Waals surface area contributed by atoms with Crippen molar-refractivity contribution in [2.24, 2.45) is 0 Å². The number of rotatable bonds is 9. The lowest BCUT2D eigenvalue weighted by atomic mass is 10.0. The highest BCUT2D eigenvalue weighted by molar-refractivity contribution is 5.96. The van der Waals surface area contributed by atoms with Crippen molar-refractivity contribution in [2.75, 3.05) is 19.8 Å². The van der Waals surface area contributed by atoms with Crippen LogP contribution in [0.25, 0.3) is 16.9 Å². The molecule has 8 nitrogen and oxygen atoms in total. The molecule has 8 heteroatoms. The number of nitrogens with one attached hydrogen (secondary N) is 1. The molecule has 0 radical (unpaired) electrons. The van der Waals surface area contributed by atoms with Crippen LogP contribution in [0, 0.1) is 6.92 Å². The van der Waals surface area contributed by atoms with Gasteiger partial charge in [0.05, 0.1) is 24.6 Å². The lowest BCUT2D eigenvalue weighted by Crippen LogP contribution is -2.35. The second-order valence-corrected chi connectivity index (χ2v) is 7.08. The Hall–Kier alpha value is -3.10. The third-order valence-electron chi connectivity index (χ3n) is 4.58. The first kappa shape index (κ1) is 21.6. The molecule has 0 unspecified atom stereocenters. The van der Waals surface area contributed by atoms with E-state index in [-0.39, 0.29) is 18.6 Å². The van der Waals surface area contributed by atoms with Gasteiger partial charge in [-0.3, -0.25) is 9.78 Å². The Morgan fingerprint density at radius 3 is 2.80 bits per heavy atom. The Bertz CT molecular complexity index is 985.